The summed E-state index contributed by atoms with van der Waals surface area (Å²) in [7, 11) is 1.44. The summed E-state index contributed by atoms with van der Waals surface area (Å²) in [5, 5.41) is 103. The van der Waals surface area contributed by atoms with E-state index >= 15 is 0 Å². The molecule has 73 heavy (non-hydrogen) atoms. The Bertz CT molecular complexity index is 2740. The van der Waals surface area contributed by atoms with Crippen molar-refractivity contribution >= 4 is 57.5 Å². The summed E-state index contributed by atoms with van der Waals surface area (Å²) in [4.78, 5) is 13.6. The van der Waals surface area contributed by atoms with Crippen molar-refractivity contribution in [1.29, 1.82) is 5.41 Å². The predicted molar refractivity (Wildman–Crippen MR) is 271 cm³/mol. The number of guanidine groups is 2. The van der Waals surface area contributed by atoms with E-state index in [1.165, 1.54) is 14.0 Å². The van der Waals surface area contributed by atoms with Gasteiger partial charge in [0.2, 0.25) is 0 Å². The zero-order valence-electron chi connectivity index (χ0n) is 40.1. The number of halogens is 2. The molecule has 0 amide bonds. The molecule has 0 spiro atoms. The highest BCUT2D eigenvalue weighted by molar-refractivity contribution is 6.30. The van der Waals surface area contributed by atoms with Crippen molar-refractivity contribution < 1.29 is 59.8 Å². The Balaban J connectivity index is 0.000000217. The molecule has 2 saturated heterocycles. The molecule has 1 saturated carbocycles. The summed E-state index contributed by atoms with van der Waals surface area (Å²) in [6, 6.07) is 24.0. The minimum Gasteiger partial charge on any atom is -0.394 e. The molecule has 396 valence electrons. The number of para-hydroxylation sites is 2. The number of aliphatic hydroxyl groups is 8. The van der Waals surface area contributed by atoms with E-state index in [0.717, 1.165) is 44.8 Å². The van der Waals surface area contributed by atoms with Crippen LogP contribution in [0.3, 0.4) is 0 Å². The number of likely N-dealkylation sites (N-methyl/N-ethyl adjacent to an activating group) is 1. The molecule has 0 bridgehead atoms. The zero-order chi connectivity index (χ0) is 53.1. The molecule has 0 aromatic heterocycles. The van der Waals surface area contributed by atoms with Crippen LogP contribution in [0.15, 0.2) is 94.9 Å². The van der Waals surface area contributed by atoms with Crippen LogP contribution in [0.2, 0.25) is 10.0 Å². The molecule has 3 aromatic rings. The van der Waals surface area contributed by atoms with Crippen LogP contribution >= 0.6 is 23.2 Å². The minimum atomic E-state index is -2.15. The second kappa shape index (κ2) is 23.5. The molecule has 3 fully saturated rings. The van der Waals surface area contributed by atoms with E-state index in [2.05, 4.69) is 57.6 Å². The average molecular weight is 1060 g/mol. The normalized spacial score (nSPS) is 31.5. The van der Waals surface area contributed by atoms with Crippen molar-refractivity contribution in [3.63, 3.8) is 0 Å². The highest BCUT2D eigenvalue weighted by Crippen LogP contribution is 2.39. The smallest absolute Gasteiger partial charge is 0.187 e. The molecule has 3 aliphatic heterocycles. The van der Waals surface area contributed by atoms with E-state index in [9.17, 15) is 40.9 Å². The molecular weight excluding hydrogens is 993 g/mol. The van der Waals surface area contributed by atoms with Crippen molar-refractivity contribution in [2.75, 3.05) is 25.6 Å². The van der Waals surface area contributed by atoms with Crippen molar-refractivity contribution in [2.45, 2.75) is 118 Å². The first-order valence-corrected chi connectivity index (χ1v) is 24.1. The number of hydrogen-bond acceptors (Lipinski definition) is 18. The maximum atomic E-state index is 11.3. The van der Waals surface area contributed by atoms with E-state index < -0.39 is 116 Å². The molecule has 0 unspecified atom stereocenters. The molecule has 3 heterocycles. The van der Waals surface area contributed by atoms with Crippen LogP contribution < -0.4 is 38.5 Å². The van der Waals surface area contributed by atoms with Crippen LogP contribution in [-0.4, -0.2) is 180 Å². The van der Waals surface area contributed by atoms with E-state index in [0.29, 0.717) is 10.0 Å². The Labute approximate surface area is 429 Å². The summed E-state index contributed by atoms with van der Waals surface area (Å²) in [5.41, 5.74) is 20.7. The largest absolute Gasteiger partial charge is 0.394 e. The SMILES string of the molecule is CC(C)N=c1cc2n(-c3ccc(Cl)cc3)c3ccccc3nc-2cc1Nc1ccc(Cl)cc1.CN[C@@H]1[C@H](O[C@H]2[C@H](O[C@H]3[C@H](O)[C@@H](O)[C@H](N=C(N)N)[C@@H](O)[C@@H]3NC(=N)N)O[C@@H](C)[C@]2(O)CO)O[C@@H](CO)[C@H](O)[C@H]1O. The maximum Gasteiger partial charge on any atom is 0.187 e. The average Bonchev–Trinajstić information content (AvgIpc) is 3.59. The number of aromatic nitrogens is 2. The zero-order valence-corrected chi connectivity index (χ0v) is 41.7. The summed E-state index contributed by atoms with van der Waals surface area (Å²) in [6.45, 7) is 3.94. The van der Waals surface area contributed by atoms with Crippen LogP contribution in [-0.2, 0) is 18.9 Å². The maximum absolute atomic E-state index is 11.3. The molecule has 0 radical (unpaired) electrons. The van der Waals surface area contributed by atoms with Crippen molar-refractivity contribution in [2.24, 2.45) is 27.2 Å². The number of nitrogens with one attached hydrogen (secondary N) is 4. The number of anilines is 2. The van der Waals surface area contributed by atoms with E-state index in [4.69, 9.17) is 74.7 Å². The number of benzene rings is 4. The Kier molecular flexibility index (Phi) is 17.8. The number of rotatable bonds is 13. The van der Waals surface area contributed by atoms with Gasteiger partial charge >= 0.3 is 0 Å². The number of aliphatic imine (C=N–C) groups is 1. The van der Waals surface area contributed by atoms with Gasteiger partial charge in [-0.25, -0.2) is 9.98 Å². The highest BCUT2D eigenvalue weighted by Gasteiger charge is 2.60. The quantitative estimate of drug-likeness (QED) is 0.0395. The molecule has 25 heteroatoms. The van der Waals surface area contributed by atoms with E-state index in [1.54, 1.807) is 0 Å². The first-order chi connectivity index (χ1) is 34.7. The van der Waals surface area contributed by atoms with Crippen LogP contribution in [0.25, 0.3) is 28.1 Å². The molecule has 23 nitrogen and oxygen atoms in total. The number of fused-ring (bicyclic) bond motifs is 2. The second-order valence-electron chi connectivity index (χ2n) is 18.2. The summed E-state index contributed by atoms with van der Waals surface area (Å²) < 4.78 is 25.4. The fourth-order valence-corrected chi connectivity index (χ4v) is 9.36. The van der Waals surface area contributed by atoms with Gasteiger partial charge in [0, 0.05) is 27.5 Å². The first-order valence-electron chi connectivity index (χ1n) is 23.3. The van der Waals surface area contributed by atoms with Gasteiger partial charge < -0.3 is 97.5 Å². The van der Waals surface area contributed by atoms with Gasteiger partial charge in [-0.1, -0.05) is 35.3 Å². The summed E-state index contributed by atoms with van der Waals surface area (Å²) in [6.07, 6.45) is -16.9. The molecule has 18 N–H and O–H groups in total. The van der Waals surface area contributed by atoms with Crippen LogP contribution in [0.4, 0.5) is 11.4 Å². The van der Waals surface area contributed by atoms with Gasteiger partial charge in [-0.3, -0.25) is 10.4 Å². The van der Waals surface area contributed by atoms with Crippen molar-refractivity contribution in [3.05, 3.63) is 100 Å². The van der Waals surface area contributed by atoms with Gasteiger partial charge in [-0.15, -0.1) is 0 Å². The third-order valence-corrected chi connectivity index (χ3v) is 13.4. The van der Waals surface area contributed by atoms with Gasteiger partial charge in [0.05, 0.1) is 64.9 Å². The summed E-state index contributed by atoms with van der Waals surface area (Å²) in [5.74, 6) is -1.13. The Morgan fingerprint density at radius 2 is 1.51 bits per heavy atom. The molecule has 3 aromatic carbocycles. The lowest BCUT2D eigenvalue weighted by Gasteiger charge is -2.46. The molecule has 8 rings (SSSR count). The van der Waals surface area contributed by atoms with E-state index in [-0.39, 0.29) is 6.04 Å². The van der Waals surface area contributed by atoms with Gasteiger partial charge in [0.1, 0.15) is 60.5 Å². The third kappa shape index (κ3) is 12.0. The number of nitrogens with zero attached hydrogens (tertiary/aromatic N) is 4. The molecule has 15 atom stereocenters. The van der Waals surface area contributed by atoms with Gasteiger partial charge in [0.25, 0.3) is 0 Å². The lowest BCUT2D eigenvalue weighted by Crippen LogP contribution is -2.70. The minimum absolute atomic E-state index is 0.130. The first kappa shape index (κ1) is 55.4. The summed E-state index contributed by atoms with van der Waals surface area (Å²) >= 11 is 12.2. The van der Waals surface area contributed by atoms with Gasteiger partial charge in [-0.2, -0.15) is 0 Å². The Hall–Kier alpha value is -5.32. The Morgan fingerprint density at radius 1 is 0.849 bits per heavy atom. The fraction of sp³-hybridized carbons (Fsp3) is 0.458. The predicted octanol–water partition coefficient (Wildman–Crippen LogP) is -0.668. The number of hydrogen-bond donors (Lipinski definition) is 15. The monoisotopic (exact) mass is 1060 g/mol. The topological polar surface area (TPSA) is 379 Å². The third-order valence-electron chi connectivity index (χ3n) is 12.9. The lowest BCUT2D eigenvalue weighted by molar-refractivity contribution is -0.318. The fourth-order valence-electron chi connectivity index (χ4n) is 9.10. The van der Waals surface area contributed by atoms with Crippen LogP contribution in [0, 0.1) is 5.41 Å². The molecule has 2 aliphatic carbocycles. The van der Waals surface area contributed by atoms with Gasteiger partial charge in [0.15, 0.2) is 24.5 Å². The second-order valence-corrected chi connectivity index (χ2v) is 19.1. The Morgan fingerprint density at radius 3 is 2.11 bits per heavy atom. The molecule has 5 aliphatic rings. The van der Waals surface area contributed by atoms with Gasteiger partial charge in [-0.05, 0) is 101 Å². The number of aliphatic hydroxyl groups excluding tert-OH is 7. The number of nitrogens with two attached hydrogens (primary N) is 3. The lowest BCUT2D eigenvalue weighted by atomic mass is 9.81. The number of ether oxygens (including phenoxy) is 4. The van der Waals surface area contributed by atoms with Crippen LogP contribution in [0.1, 0.15) is 20.8 Å². The standard InChI is InChI=1S/C27H22Cl2N4.C21H41N7O12/c1-17(2)30-24-16-27-25(15-23(24)31-20-11-7-18(28)8-12-20)32-22-5-3-4-6-26(22)33(27)21-13-9-19(29)10-14-21;1-5-21(36,4-30)16(40-17-9(26-2)13(34)10(31)6(3-29)38-17)18(37-5)39-15-8(28-20(24)25)11(32)7(27-19(22)23)12(33)14(15)35/h3-17,31H,1-2H3;5-18,26,29-36H,3-4H2,1-2H3,(H4,22,23,27)(H4,24,25,28)/t;5-,6-,7+,8-,9-,10-,11+,12-,13-,14+,15+,16-,17-,18-,21+/m.0/s1. The molecular formula is C48H63Cl2N11O12. The van der Waals surface area contributed by atoms with Crippen molar-refractivity contribution in [1.82, 2.24) is 20.2 Å². The van der Waals surface area contributed by atoms with Crippen LogP contribution in [0.5, 0.6) is 0 Å². The van der Waals surface area contributed by atoms with Crippen molar-refractivity contribution in [3.8, 4) is 17.1 Å². The highest BCUT2D eigenvalue weighted by atomic mass is 35.5. The van der Waals surface area contributed by atoms with E-state index in [1.807, 2.05) is 66.7 Å².